The van der Waals surface area contributed by atoms with Crippen LogP contribution in [-0.2, 0) is 0 Å². The van der Waals surface area contributed by atoms with E-state index in [0.29, 0.717) is 6.20 Å². The maximum Gasteiger partial charge on any atom is 0.182 e. The molecule has 0 saturated heterocycles. The van der Waals surface area contributed by atoms with Crippen LogP contribution in [-0.4, -0.2) is 17.9 Å². The number of nitrogens with one attached hydrogen (secondary N) is 2. The molecule has 0 aromatic carbocycles. The van der Waals surface area contributed by atoms with Crippen LogP contribution < -0.4 is 11.2 Å². The van der Waals surface area contributed by atoms with Gasteiger partial charge in [-0.25, -0.2) is 8.78 Å². The van der Waals surface area contributed by atoms with Gasteiger partial charge in [0.05, 0.1) is 6.20 Å². The van der Waals surface area contributed by atoms with Gasteiger partial charge in [-0.2, -0.15) is 0 Å². The molecule has 0 aliphatic carbocycles. The van der Waals surface area contributed by atoms with Crippen LogP contribution in [0, 0.1) is 5.41 Å². The second-order valence-electron chi connectivity index (χ2n) is 2.28. The Bertz CT molecular complexity index is 283. The summed E-state index contributed by atoms with van der Waals surface area (Å²) in [6.07, 6.45) is 2.55. The lowest BCUT2D eigenvalue weighted by Gasteiger charge is -2.17. The molecule has 14 heavy (non-hydrogen) atoms. The minimum absolute atomic E-state index is 0.499. The molecule has 0 bridgehead atoms. The van der Waals surface area contributed by atoms with Gasteiger partial charge in [0.25, 0.3) is 0 Å². The van der Waals surface area contributed by atoms with Gasteiger partial charge in [-0.05, 0) is 6.08 Å². The van der Waals surface area contributed by atoms with E-state index in [1.54, 1.807) is 0 Å². The second kappa shape index (κ2) is 5.74. The van der Waals surface area contributed by atoms with Gasteiger partial charge in [-0.1, -0.05) is 6.58 Å². The maximum atomic E-state index is 12.7. The van der Waals surface area contributed by atoms with Gasteiger partial charge in [-0.15, -0.1) is 0 Å². The van der Waals surface area contributed by atoms with Gasteiger partial charge in [0, 0.05) is 13.2 Å². The maximum absolute atomic E-state index is 12.7. The smallest absolute Gasteiger partial charge is 0.182 e. The van der Waals surface area contributed by atoms with Crippen molar-refractivity contribution in [2.75, 3.05) is 7.05 Å². The zero-order valence-corrected chi connectivity index (χ0v) is 7.72. The number of nitrogens with zero attached hydrogens (tertiary/aromatic N) is 1. The Hall–Kier alpha value is -1.85. The zero-order chi connectivity index (χ0) is 11.1. The van der Waals surface area contributed by atoms with Crippen LogP contribution in [0.2, 0.25) is 0 Å². The highest BCUT2D eigenvalue weighted by molar-refractivity contribution is 5.93. The van der Waals surface area contributed by atoms with E-state index < -0.39 is 17.5 Å². The molecule has 78 valence electrons. The Kier molecular flexibility index (Phi) is 4.98. The molecule has 0 aromatic heterocycles. The lowest BCUT2D eigenvalue weighted by molar-refractivity contribution is 0.413. The van der Waals surface area contributed by atoms with Crippen molar-refractivity contribution in [3.63, 3.8) is 0 Å². The number of amidine groups is 1. The fourth-order valence-electron chi connectivity index (χ4n) is 0.521. The quantitative estimate of drug-likeness (QED) is 0.277. The first-order valence-corrected chi connectivity index (χ1v) is 3.67. The Labute approximate surface area is 80.9 Å². The molecule has 0 radical (unpaired) electrons. The molecule has 0 spiro atoms. The second-order valence-corrected chi connectivity index (χ2v) is 2.28. The van der Waals surface area contributed by atoms with Gasteiger partial charge < -0.3 is 11.2 Å². The monoisotopic (exact) mass is 202 g/mol. The number of hydrazine groups is 1. The van der Waals surface area contributed by atoms with Crippen molar-refractivity contribution in [1.82, 2.24) is 10.4 Å². The van der Waals surface area contributed by atoms with Crippen LogP contribution in [0.4, 0.5) is 8.78 Å². The third-order valence-corrected chi connectivity index (χ3v) is 1.30. The van der Waals surface area contributed by atoms with E-state index in [9.17, 15) is 8.78 Å². The van der Waals surface area contributed by atoms with Gasteiger partial charge >= 0.3 is 0 Å². The topological polar surface area (TPSA) is 65.1 Å². The van der Waals surface area contributed by atoms with Crippen molar-refractivity contribution in [2.45, 2.75) is 0 Å². The minimum atomic E-state index is -0.910. The highest BCUT2D eigenvalue weighted by atomic mass is 19.1. The summed E-state index contributed by atoms with van der Waals surface area (Å²) in [6, 6.07) is 0. The summed E-state index contributed by atoms with van der Waals surface area (Å²) in [5.74, 6) is -2.03. The Balaban J connectivity index is 4.29. The molecule has 0 fully saturated rings. The van der Waals surface area contributed by atoms with Gasteiger partial charge in [0.15, 0.2) is 11.7 Å². The largest absolute Gasteiger partial charge is 0.402 e. The highest BCUT2D eigenvalue weighted by Crippen LogP contribution is 1.99. The zero-order valence-electron chi connectivity index (χ0n) is 7.72. The first-order chi connectivity index (χ1) is 6.52. The number of hydrogen-bond acceptors (Lipinski definition) is 3. The molecule has 0 aromatic rings. The summed E-state index contributed by atoms with van der Waals surface area (Å²) in [6.45, 7) is 3.17. The summed E-state index contributed by atoms with van der Waals surface area (Å²) in [5, 5.41) is 8.12. The van der Waals surface area contributed by atoms with Crippen LogP contribution in [0.15, 0.2) is 36.7 Å². The van der Waals surface area contributed by atoms with Crippen molar-refractivity contribution >= 4 is 5.84 Å². The minimum Gasteiger partial charge on any atom is -0.402 e. The van der Waals surface area contributed by atoms with Crippen molar-refractivity contribution in [2.24, 2.45) is 5.73 Å². The third kappa shape index (κ3) is 3.70. The highest BCUT2D eigenvalue weighted by Gasteiger charge is 2.07. The predicted molar refractivity (Wildman–Crippen MR) is 51.4 cm³/mol. The molecule has 0 amide bonds. The van der Waals surface area contributed by atoms with E-state index in [4.69, 9.17) is 11.1 Å². The molecule has 0 rings (SSSR count). The standard InChI is InChI=1S/C8H12F2N4/c1-3-6(9)5-13-14(2)8(12)7(10)4-11/h3-5,12-13H,1,11H2,2H3/b6-5+,7-4?,12-8?. The number of hydrogen-bond donors (Lipinski definition) is 3. The Morgan fingerprint density at radius 1 is 1.57 bits per heavy atom. The van der Waals surface area contributed by atoms with Crippen molar-refractivity contribution < 1.29 is 8.78 Å². The molecular weight excluding hydrogens is 190 g/mol. The van der Waals surface area contributed by atoms with Gasteiger partial charge in [0.1, 0.15) is 5.83 Å². The van der Waals surface area contributed by atoms with E-state index in [-0.39, 0.29) is 0 Å². The molecular formula is C8H12F2N4. The molecule has 0 aliphatic heterocycles. The Morgan fingerprint density at radius 3 is 2.57 bits per heavy atom. The molecule has 4 nitrogen and oxygen atoms in total. The van der Waals surface area contributed by atoms with E-state index in [2.05, 4.69) is 12.0 Å². The molecule has 0 saturated carbocycles. The van der Waals surface area contributed by atoms with Crippen molar-refractivity contribution in [3.05, 3.63) is 36.7 Å². The van der Waals surface area contributed by atoms with E-state index in [1.807, 2.05) is 0 Å². The fourth-order valence-corrected chi connectivity index (χ4v) is 0.521. The normalized spacial score (nSPS) is 12.2. The number of nitrogens with two attached hydrogens (primary N) is 1. The SMILES string of the molecule is C=C/C(F)=C\NN(C)C(=N)C(F)=CN. The first-order valence-electron chi connectivity index (χ1n) is 3.67. The number of likely N-dealkylation sites (N-methyl/N-ethyl adjacent to an activating group) is 1. The molecule has 0 atom stereocenters. The van der Waals surface area contributed by atoms with Gasteiger partial charge in [0.2, 0.25) is 0 Å². The summed E-state index contributed by atoms with van der Waals surface area (Å²) in [7, 11) is 1.35. The molecule has 6 heteroatoms. The molecule has 4 N–H and O–H groups in total. The number of rotatable bonds is 4. The number of allylic oxidation sites excluding steroid dienone is 2. The van der Waals surface area contributed by atoms with Crippen LogP contribution in [0.1, 0.15) is 0 Å². The summed E-state index contributed by atoms with van der Waals surface area (Å²) in [5.41, 5.74) is 7.17. The van der Waals surface area contributed by atoms with Gasteiger partial charge in [-0.3, -0.25) is 10.4 Å². The fraction of sp³-hybridized carbons (Fsp3) is 0.125. The third-order valence-electron chi connectivity index (χ3n) is 1.30. The summed E-state index contributed by atoms with van der Waals surface area (Å²) >= 11 is 0. The summed E-state index contributed by atoms with van der Waals surface area (Å²) in [4.78, 5) is 0. The summed E-state index contributed by atoms with van der Waals surface area (Å²) < 4.78 is 25.2. The predicted octanol–water partition coefficient (Wildman–Crippen LogP) is 1.17. The van der Waals surface area contributed by atoms with Crippen LogP contribution in [0.25, 0.3) is 0 Å². The van der Waals surface area contributed by atoms with E-state index in [0.717, 1.165) is 17.3 Å². The number of halogens is 2. The van der Waals surface area contributed by atoms with Crippen molar-refractivity contribution in [3.8, 4) is 0 Å². The Morgan fingerprint density at radius 2 is 2.14 bits per heavy atom. The van der Waals surface area contributed by atoms with Crippen LogP contribution in [0.3, 0.4) is 0 Å². The molecule has 0 unspecified atom stereocenters. The lowest BCUT2D eigenvalue weighted by atomic mass is 10.5. The van der Waals surface area contributed by atoms with E-state index in [1.165, 1.54) is 7.05 Å². The average molecular weight is 202 g/mol. The molecule has 0 heterocycles. The van der Waals surface area contributed by atoms with Crippen LogP contribution in [0.5, 0.6) is 0 Å². The lowest BCUT2D eigenvalue weighted by Crippen LogP contribution is -2.36. The molecule has 0 aliphatic rings. The van der Waals surface area contributed by atoms with E-state index >= 15 is 0 Å². The van der Waals surface area contributed by atoms with Crippen molar-refractivity contribution in [1.29, 1.82) is 5.41 Å². The average Bonchev–Trinajstić information content (AvgIpc) is 2.22. The first kappa shape index (κ1) is 12.2. The van der Waals surface area contributed by atoms with Crippen LogP contribution >= 0.6 is 0 Å².